The Morgan fingerprint density at radius 3 is 2.65 bits per heavy atom. The number of anilines is 2. The Morgan fingerprint density at radius 1 is 1.50 bits per heavy atom. The summed E-state index contributed by atoms with van der Waals surface area (Å²) < 4.78 is 34.1. The summed E-state index contributed by atoms with van der Waals surface area (Å²) in [5, 5.41) is 2.54. The highest BCUT2D eigenvalue weighted by Crippen LogP contribution is 2.49. The summed E-state index contributed by atoms with van der Waals surface area (Å²) in [5.41, 5.74) is -0.158. The van der Waals surface area contributed by atoms with Crippen molar-refractivity contribution in [2.75, 3.05) is 29.9 Å². The lowest BCUT2D eigenvalue weighted by molar-refractivity contribution is -0.119. The van der Waals surface area contributed by atoms with Crippen LogP contribution < -0.4 is 15.1 Å². The molecule has 0 saturated carbocycles. The molecular weight excluding hydrogens is 364 g/mol. The molecule has 0 spiro atoms. The Kier molecular flexibility index (Phi) is 4.90. The maximum atomic E-state index is 14.5. The van der Waals surface area contributed by atoms with Gasteiger partial charge in [0.15, 0.2) is 11.6 Å². The lowest BCUT2D eigenvalue weighted by atomic mass is 10.2. The van der Waals surface area contributed by atoms with Gasteiger partial charge >= 0.3 is 6.09 Å². The van der Waals surface area contributed by atoms with Crippen molar-refractivity contribution in [1.82, 2.24) is 5.32 Å². The minimum Gasteiger partial charge on any atom is -0.442 e. The molecule has 0 aromatic heterocycles. The first-order valence-electron chi connectivity index (χ1n) is 7.79. The smallest absolute Gasteiger partial charge is 0.414 e. The van der Waals surface area contributed by atoms with E-state index in [1.54, 1.807) is 6.20 Å². The van der Waals surface area contributed by atoms with Crippen LogP contribution in [0.4, 0.5) is 25.0 Å². The third-order valence-electron chi connectivity index (χ3n) is 3.90. The molecule has 0 aliphatic carbocycles. The quantitative estimate of drug-likeness (QED) is 0.795. The molecule has 2 heterocycles. The second-order valence-electron chi connectivity index (χ2n) is 5.94. The maximum Gasteiger partial charge on any atom is 0.414 e. The van der Waals surface area contributed by atoms with Crippen molar-refractivity contribution >= 4 is 35.1 Å². The fourth-order valence-electron chi connectivity index (χ4n) is 2.59. The molecule has 138 valence electrons. The van der Waals surface area contributed by atoms with E-state index in [-0.39, 0.29) is 30.4 Å². The van der Waals surface area contributed by atoms with E-state index in [0.717, 1.165) is 26.8 Å². The molecule has 0 unspecified atom stereocenters. The number of benzene rings is 1. The Hall–Kier alpha value is -2.55. The number of carbonyl (C=O) groups is 2. The molecule has 1 aromatic rings. The summed E-state index contributed by atoms with van der Waals surface area (Å²) in [5.74, 6) is -1.85. The molecule has 3 rings (SSSR count). The van der Waals surface area contributed by atoms with Crippen molar-refractivity contribution < 1.29 is 23.1 Å². The van der Waals surface area contributed by atoms with Crippen LogP contribution in [0.2, 0.25) is 0 Å². The van der Waals surface area contributed by atoms with Gasteiger partial charge in [-0.15, -0.1) is 0 Å². The predicted octanol–water partition coefficient (Wildman–Crippen LogP) is 2.96. The van der Waals surface area contributed by atoms with Crippen LogP contribution in [0, 0.1) is 11.6 Å². The normalized spacial score (nSPS) is 20.4. The van der Waals surface area contributed by atoms with Gasteiger partial charge in [-0.05, 0) is 0 Å². The number of rotatable bonds is 5. The average Bonchev–Trinajstić information content (AvgIpc) is 3.09. The Labute approximate surface area is 153 Å². The van der Waals surface area contributed by atoms with Crippen molar-refractivity contribution in [2.24, 2.45) is 0 Å². The average molecular weight is 381 g/mol. The molecule has 2 aliphatic rings. The molecule has 0 radical (unpaired) electrons. The van der Waals surface area contributed by atoms with E-state index in [9.17, 15) is 18.4 Å². The van der Waals surface area contributed by atoms with E-state index in [1.165, 1.54) is 30.6 Å². The van der Waals surface area contributed by atoms with Gasteiger partial charge in [0.25, 0.3) is 0 Å². The minimum absolute atomic E-state index is 0.0605. The van der Waals surface area contributed by atoms with Crippen LogP contribution in [0.15, 0.2) is 34.7 Å². The third kappa shape index (κ3) is 3.82. The summed E-state index contributed by atoms with van der Waals surface area (Å²) >= 11 is 1.44. The van der Waals surface area contributed by atoms with Crippen LogP contribution in [0.25, 0.3) is 0 Å². The maximum absolute atomic E-state index is 14.5. The highest BCUT2D eigenvalue weighted by molar-refractivity contribution is 8.16. The molecule has 2 amide bonds. The predicted molar refractivity (Wildman–Crippen MR) is 95.9 cm³/mol. The minimum atomic E-state index is -0.797. The second-order valence-corrected chi connectivity index (χ2v) is 7.08. The van der Waals surface area contributed by atoms with E-state index in [0.29, 0.717) is 0 Å². The number of hydrogen-bond acceptors (Lipinski definition) is 5. The fraction of sp³-hybridized carbons (Fsp3) is 0.294. The molecule has 2 fully saturated rings. The van der Waals surface area contributed by atoms with E-state index in [1.807, 2.05) is 0 Å². The van der Waals surface area contributed by atoms with Crippen molar-refractivity contribution in [3.8, 4) is 0 Å². The van der Waals surface area contributed by atoms with Gasteiger partial charge in [-0.3, -0.25) is 9.69 Å². The number of ether oxygens (including phenoxy) is 1. The molecule has 9 heteroatoms. The zero-order valence-corrected chi connectivity index (χ0v) is 15.0. The molecule has 6 nitrogen and oxygen atoms in total. The molecular formula is C17H17F2N3O3S. The molecule has 2 aliphatic heterocycles. The van der Waals surface area contributed by atoms with Gasteiger partial charge in [0.1, 0.15) is 11.8 Å². The monoisotopic (exact) mass is 381 g/mol. The van der Waals surface area contributed by atoms with Gasteiger partial charge < -0.3 is 15.0 Å². The van der Waals surface area contributed by atoms with E-state index < -0.39 is 23.8 Å². The molecule has 1 N–H and O–H groups in total. The number of carbonyl (C=O) groups excluding carboxylic acids is 2. The van der Waals surface area contributed by atoms with Crippen molar-refractivity contribution in [3.05, 3.63) is 46.4 Å². The fourth-order valence-corrected chi connectivity index (χ4v) is 3.07. The van der Waals surface area contributed by atoms with Crippen LogP contribution in [0.1, 0.15) is 6.92 Å². The van der Waals surface area contributed by atoms with E-state index in [2.05, 4.69) is 11.9 Å². The Morgan fingerprint density at radius 2 is 2.12 bits per heavy atom. The molecule has 26 heavy (non-hydrogen) atoms. The largest absolute Gasteiger partial charge is 0.442 e. The van der Waals surface area contributed by atoms with Crippen molar-refractivity contribution in [1.29, 1.82) is 0 Å². The number of thioether (sulfide) groups is 1. The SMILES string of the molecule is C=C1S/C1=C/N(C)c1c(F)cc(N2C[C@H](CNC(C)=O)OC2=O)cc1F. The lowest BCUT2D eigenvalue weighted by Gasteiger charge is -2.19. The van der Waals surface area contributed by atoms with Crippen LogP contribution >= 0.6 is 11.8 Å². The number of hydrogen-bond donors (Lipinski definition) is 1. The van der Waals surface area contributed by atoms with Crippen molar-refractivity contribution in [2.45, 2.75) is 13.0 Å². The summed E-state index contributed by atoms with van der Waals surface area (Å²) in [4.78, 5) is 27.1. The first kappa shape index (κ1) is 18.2. The van der Waals surface area contributed by atoms with Gasteiger partial charge in [0, 0.05) is 42.1 Å². The highest BCUT2D eigenvalue weighted by Gasteiger charge is 2.33. The number of amides is 2. The zero-order valence-electron chi connectivity index (χ0n) is 14.2. The van der Waals surface area contributed by atoms with Crippen LogP contribution in [0.5, 0.6) is 0 Å². The molecule has 1 aromatic carbocycles. The Bertz CT molecular complexity index is 804. The van der Waals surface area contributed by atoms with Crippen LogP contribution in [0.3, 0.4) is 0 Å². The number of nitrogens with zero attached hydrogens (tertiary/aromatic N) is 2. The standard InChI is InChI=1S/C17H17F2N3O3S/c1-9-15(26-9)8-21(3)16-13(18)4-11(5-14(16)19)22-7-12(25-17(22)24)6-20-10(2)23/h4-5,8,12H,1,6-7H2,2-3H3,(H,20,23)/b15-8+/t12-/m0/s1. The number of halogens is 2. The first-order chi connectivity index (χ1) is 12.3. The number of cyclic esters (lactones) is 1. The van der Waals surface area contributed by atoms with Gasteiger partial charge in [0.05, 0.1) is 18.8 Å². The summed E-state index contributed by atoms with van der Waals surface area (Å²) in [6, 6.07) is 2.18. The topological polar surface area (TPSA) is 61.9 Å². The first-order valence-corrected chi connectivity index (χ1v) is 8.61. The molecule has 0 bridgehead atoms. The van der Waals surface area contributed by atoms with Crippen molar-refractivity contribution in [3.63, 3.8) is 0 Å². The summed E-state index contributed by atoms with van der Waals surface area (Å²) in [6.45, 7) is 5.32. The summed E-state index contributed by atoms with van der Waals surface area (Å²) in [7, 11) is 1.54. The van der Waals surface area contributed by atoms with Gasteiger partial charge in [0.2, 0.25) is 5.91 Å². The van der Waals surface area contributed by atoms with E-state index >= 15 is 0 Å². The second kappa shape index (κ2) is 6.99. The Balaban J connectivity index is 1.78. The molecule has 2 saturated heterocycles. The van der Waals surface area contributed by atoms with Gasteiger partial charge in [-0.25, -0.2) is 13.6 Å². The van der Waals surface area contributed by atoms with Gasteiger partial charge in [-0.2, -0.15) is 0 Å². The van der Waals surface area contributed by atoms with E-state index in [4.69, 9.17) is 4.74 Å². The lowest BCUT2D eigenvalue weighted by Crippen LogP contribution is -2.33. The zero-order chi connectivity index (χ0) is 19.0. The summed E-state index contributed by atoms with van der Waals surface area (Å²) in [6.07, 6.45) is 0.303. The van der Waals surface area contributed by atoms with Crippen LogP contribution in [-0.4, -0.2) is 38.2 Å². The number of nitrogens with one attached hydrogen (secondary N) is 1. The van der Waals surface area contributed by atoms with Crippen LogP contribution in [-0.2, 0) is 9.53 Å². The third-order valence-corrected chi connectivity index (χ3v) is 4.73. The highest BCUT2D eigenvalue weighted by atomic mass is 32.2. The molecule has 1 atom stereocenters. The van der Waals surface area contributed by atoms with Gasteiger partial charge in [-0.1, -0.05) is 18.3 Å².